The first-order chi connectivity index (χ1) is 45.2. The number of rotatable bonds is 12. The van der Waals surface area contributed by atoms with E-state index in [2.05, 4.69) is 46.1 Å². The van der Waals surface area contributed by atoms with E-state index in [4.69, 9.17) is 15.9 Å². The minimum Gasteiger partial charge on any atom is -0.478 e. The SMILES string of the molecule is CCN.CCNC(=O)c1ccc(F)c(F)c1.CCNC(=O)c1ccc(N2CCN(Cc3cnc4c(c3)[nH]c(=O)n3cccc43)CC2)c(F)c1.CCNC(=O)c1ccc(N2CCNCC2)c(F)c1.O=C(O)c1ccc(F)c(F)c1.O=c1[nH]c2cc(CO)cnc2c2cccn12. The Morgan fingerprint density at radius 3 is 1.33 bits per heavy atom. The highest BCUT2D eigenvalue weighted by Gasteiger charge is 2.22. The molecule has 2 saturated heterocycles. The second-order valence-electron chi connectivity index (χ2n) is 20.9. The number of aliphatic hydroxyl groups excluding tert-OH is 1. The van der Waals surface area contributed by atoms with Crippen molar-refractivity contribution < 1.29 is 55.7 Å². The molecule has 94 heavy (non-hydrogen) atoms. The molecule has 2 aliphatic heterocycles. The fraction of sp³-hybridized carbons (Fsp3) is 0.273. The van der Waals surface area contributed by atoms with Crippen LogP contribution in [0.5, 0.6) is 0 Å². The predicted octanol–water partition coefficient (Wildman–Crippen LogP) is 7.38. The summed E-state index contributed by atoms with van der Waals surface area (Å²) in [4.78, 5) is 89.5. The third-order valence-corrected chi connectivity index (χ3v) is 14.3. The van der Waals surface area contributed by atoms with Gasteiger partial charge in [0.25, 0.3) is 17.7 Å². The van der Waals surface area contributed by atoms with Crippen molar-refractivity contribution in [1.82, 2.24) is 54.9 Å². The normalized spacial score (nSPS) is 12.8. The van der Waals surface area contributed by atoms with E-state index in [1.54, 1.807) is 66.3 Å². The molecule has 22 nitrogen and oxygen atoms in total. The van der Waals surface area contributed by atoms with E-state index >= 15 is 0 Å². The van der Waals surface area contributed by atoms with E-state index in [0.717, 1.165) is 103 Å². The maximum atomic E-state index is 14.7. The maximum absolute atomic E-state index is 14.7. The summed E-state index contributed by atoms with van der Waals surface area (Å²) < 4.78 is 81.3. The second kappa shape index (κ2) is 34.3. The fourth-order valence-electron chi connectivity index (χ4n) is 9.81. The quantitative estimate of drug-likeness (QED) is 0.0539. The smallest absolute Gasteiger partial charge is 0.335 e. The number of hydrogen-bond acceptors (Lipinski definition) is 14. The van der Waals surface area contributed by atoms with Gasteiger partial charge in [-0.15, -0.1) is 0 Å². The number of halogens is 6. The largest absolute Gasteiger partial charge is 0.478 e. The van der Waals surface area contributed by atoms with Gasteiger partial charge in [0.1, 0.15) is 22.7 Å². The first kappa shape index (κ1) is 71.0. The van der Waals surface area contributed by atoms with Gasteiger partial charge in [-0.3, -0.25) is 38.1 Å². The fourth-order valence-corrected chi connectivity index (χ4v) is 9.81. The Kier molecular flexibility index (Phi) is 25.9. The Balaban J connectivity index is 0.000000175. The van der Waals surface area contributed by atoms with Gasteiger partial charge in [0.2, 0.25) is 0 Å². The zero-order chi connectivity index (χ0) is 68.0. The topological polar surface area (TPSA) is 293 Å². The lowest BCUT2D eigenvalue weighted by atomic mass is 10.1. The van der Waals surface area contributed by atoms with Crippen molar-refractivity contribution in [2.45, 2.75) is 40.8 Å². The number of aliphatic hydroxyl groups is 1. The zero-order valence-corrected chi connectivity index (χ0v) is 51.9. The number of hydrogen-bond donors (Lipinski definition) is 9. The number of carboxylic acids is 1. The summed E-state index contributed by atoms with van der Waals surface area (Å²) in [5, 5.41) is 28.4. The highest BCUT2D eigenvalue weighted by Crippen LogP contribution is 2.25. The molecular formula is C66H72F6N14O8. The van der Waals surface area contributed by atoms with Crippen molar-refractivity contribution >= 4 is 68.2 Å². The summed E-state index contributed by atoms with van der Waals surface area (Å²) in [6.45, 7) is 16.4. The Bertz CT molecular complexity index is 4380. The van der Waals surface area contributed by atoms with E-state index in [-0.39, 0.29) is 52.6 Å². The van der Waals surface area contributed by atoms with E-state index in [1.807, 2.05) is 61.0 Å². The zero-order valence-electron chi connectivity index (χ0n) is 51.9. The van der Waals surface area contributed by atoms with Crippen LogP contribution in [0.1, 0.15) is 80.3 Å². The second-order valence-corrected chi connectivity index (χ2v) is 20.9. The van der Waals surface area contributed by atoms with Crippen LogP contribution in [0.3, 0.4) is 0 Å². The van der Waals surface area contributed by atoms with Gasteiger partial charge in [-0.1, -0.05) is 6.92 Å². The summed E-state index contributed by atoms with van der Waals surface area (Å²) in [5.74, 6) is -7.05. The number of aromatic amines is 2. The lowest BCUT2D eigenvalue weighted by molar-refractivity contribution is 0.0695. The van der Waals surface area contributed by atoms with Gasteiger partial charge in [0, 0.05) is 120 Å². The number of benzene rings is 4. The van der Waals surface area contributed by atoms with E-state index in [9.17, 15) is 55.1 Å². The molecule has 0 radical (unpaired) electrons. The number of carbonyl (C=O) groups is 4. The standard InChI is InChI=1S/C24H25FN6O2.C13H18FN3O.C11H9N3O2.C9H9F2NO.C7H4F2O2.C2H7N/c1-2-26-23(32)17-5-6-20(18(25)13-17)30-10-8-29(9-11-30)15-16-12-19-22(27-14-16)21-4-3-7-31(21)24(33)28-19;1-2-16-13(18)10-3-4-12(11(14)9-10)17-7-5-15-6-8-17;15-6-7-4-8-10(12-5-7)9-2-1-3-14(9)11(16)13-8;1-2-12-9(13)6-3-4-7(10)8(11)5-6;8-5-2-1-4(7(10)11)3-6(5)9;1-2-3/h3-7,12-14H,2,8-11,15H2,1H3,(H,26,32)(H,28,33);3-4,9,15H,2,5-8H2,1H3,(H,16,18);1-5,15H,6H2,(H,13,16);3-5H,2H2,1H3,(H,12,13);1-3H,(H,10,11);2-3H2,1H3. The van der Waals surface area contributed by atoms with Gasteiger partial charge >= 0.3 is 17.3 Å². The van der Waals surface area contributed by atoms with Gasteiger partial charge < -0.3 is 57.0 Å². The average molecular weight is 1300 g/mol. The number of anilines is 2. The van der Waals surface area contributed by atoms with Crippen LogP contribution in [-0.2, 0) is 13.2 Å². The van der Waals surface area contributed by atoms with Gasteiger partial charge in [0.05, 0.1) is 45.6 Å². The van der Waals surface area contributed by atoms with Crippen molar-refractivity contribution in [2.24, 2.45) is 5.73 Å². The highest BCUT2D eigenvalue weighted by atomic mass is 19.2. The number of nitrogens with zero attached hydrogens (tertiary/aromatic N) is 7. The number of piperazine rings is 2. The molecule has 6 aromatic heterocycles. The van der Waals surface area contributed by atoms with Crippen LogP contribution in [-0.4, -0.2) is 146 Å². The van der Waals surface area contributed by atoms with Crippen LogP contribution in [0.4, 0.5) is 37.7 Å². The van der Waals surface area contributed by atoms with Crippen LogP contribution in [0.2, 0.25) is 0 Å². The van der Waals surface area contributed by atoms with Gasteiger partial charge in [-0.05, 0) is 148 Å². The van der Waals surface area contributed by atoms with Crippen LogP contribution in [0, 0.1) is 34.9 Å². The number of pyridine rings is 2. The third-order valence-electron chi connectivity index (χ3n) is 14.3. The summed E-state index contributed by atoms with van der Waals surface area (Å²) in [5.41, 5.74) is 12.2. The molecule has 0 atom stereocenters. The van der Waals surface area contributed by atoms with E-state index in [1.165, 1.54) is 22.6 Å². The molecule has 0 aliphatic carbocycles. The average Bonchev–Trinajstić information content (AvgIpc) is 1.52. The molecule has 0 spiro atoms. The van der Waals surface area contributed by atoms with E-state index < -0.39 is 35.1 Å². The van der Waals surface area contributed by atoms with Crippen molar-refractivity contribution in [3.8, 4) is 0 Å². The van der Waals surface area contributed by atoms with Gasteiger partial charge in [0.15, 0.2) is 23.3 Å². The van der Waals surface area contributed by atoms with Crippen molar-refractivity contribution in [3.05, 3.63) is 223 Å². The molecule has 0 bridgehead atoms. The van der Waals surface area contributed by atoms with Crippen molar-refractivity contribution in [2.75, 3.05) is 88.3 Å². The Labute approximate surface area is 535 Å². The number of fused-ring (bicyclic) bond motifs is 6. The number of carboxylic acid groups (broad SMARTS) is 1. The number of nitrogens with two attached hydrogens (primary N) is 1. The molecule has 496 valence electrons. The molecule has 0 unspecified atom stereocenters. The molecule has 10 N–H and O–H groups in total. The number of nitrogens with one attached hydrogen (secondary N) is 6. The molecule has 28 heteroatoms. The molecule has 4 aromatic carbocycles. The monoisotopic (exact) mass is 1300 g/mol. The van der Waals surface area contributed by atoms with Crippen LogP contribution in [0.25, 0.3) is 33.1 Å². The Morgan fingerprint density at radius 2 is 0.915 bits per heavy atom. The molecule has 3 amide bonds. The number of carbonyl (C=O) groups excluding carboxylic acids is 3. The molecule has 2 aliphatic rings. The summed E-state index contributed by atoms with van der Waals surface area (Å²) in [6, 6.07) is 25.8. The molecular weight excluding hydrogens is 1230 g/mol. The van der Waals surface area contributed by atoms with Crippen LogP contribution in [0.15, 0.2) is 144 Å². The minimum atomic E-state index is -1.27. The number of aromatic nitrogens is 6. The van der Waals surface area contributed by atoms with Crippen LogP contribution < -0.4 is 48.2 Å². The molecule has 2 fully saturated rings. The molecule has 10 aromatic rings. The van der Waals surface area contributed by atoms with E-state index in [0.29, 0.717) is 78.9 Å². The number of H-pyrrole nitrogens is 2. The molecule has 8 heterocycles. The first-order valence-electron chi connectivity index (χ1n) is 30.0. The summed E-state index contributed by atoms with van der Waals surface area (Å²) >= 11 is 0. The Morgan fingerprint density at radius 1 is 0.521 bits per heavy atom. The maximum Gasteiger partial charge on any atom is 0.335 e. The van der Waals surface area contributed by atoms with Gasteiger partial charge in [-0.25, -0.2) is 40.7 Å². The first-order valence-corrected chi connectivity index (χ1v) is 30.0. The lowest BCUT2D eigenvalue weighted by Gasteiger charge is -2.36. The third kappa shape index (κ3) is 18.6. The molecule has 0 saturated carbocycles. The van der Waals surface area contributed by atoms with Gasteiger partial charge in [-0.2, -0.15) is 0 Å². The highest BCUT2D eigenvalue weighted by molar-refractivity contribution is 5.96. The Hall–Kier alpha value is -10.4. The minimum absolute atomic E-state index is 0.0861. The number of amides is 3. The molecule has 12 rings (SSSR count). The predicted molar refractivity (Wildman–Crippen MR) is 346 cm³/mol. The lowest BCUT2D eigenvalue weighted by Crippen LogP contribution is -2.46. The van der Waals surface area contributed by atoms with Crippen molar-refractivity contribution in [1.29, 1.82) is 0 Å². The van der Waals surface area contributed by atoms with Crippen LogP contribution >= 0.6 is 0 Å². The number of aromatic carboxylic acids is 1. The summed E-state index contributed by atoms with van der Waals surface area (Å²) in [7, 11) is 0. The summed E-state index contributed by atoms with van der Waals surface area (Å²) in [6.07, 6.45) is 6.86. The van der Waals surface area contributed by atoms with Crippen molar-refractivity contribution in [3.63, 3.8) is 0 Å².